The van der Waals surface area contributed by atoms with Gasteiger partial charge in [-0.3, -0.25) is 0 Å². The number of aromatic nitrogens is 1. The number of thiophene rings is 1. The van der Waals surface area contributed by atoms with Gasteiger partial charge >= 0.3 is 0 Å². The van der Waals surface area contributed by atoms with Crippen LogP contribution < -0.4 is 10.6 Å². The molecule has 0 aliphatic rings. The van der Waals surface area contributed by atoms with Crippen molar-refractivity contribution in [3.05, 3.63) is 46.3 Å². The first kappa shape index (κ1) is 13.1. The standard InChI is InChI=1S/C14H19N3S/c1-10(15)12-6-7-14(16-9-12)17(3)11(2)13-5-4-8-18-13/h4-11H,15H2,1-3H3/t10-,11?/m0/s1. The fraction of sp³-hybridized carbons (Fsp3) is 0.357. The van der Waals surface area contributed by atoms with Gasteiger partial charge in [0.05, 0.1) is 6.04 Å². The monoisotopic (exact) mass is 261 g/mol. The molecule has 2 aromatic heterocycles. The van der Waals surface area contributed by atoms with Gasteiger partial charge in [0.2, 0.25) is 0 Å². The molecule has 2 atom stereocenters. The fourth-order valence-corrected chi connectivity index (χ4v) is 2.62. The molecule has 0 bridgehead atoms. The topological polar surface area (TPSA) is 42.1 Å². The van der Waals surface area contributed by atoms with Crippen molar-refractivity contribution in [2.75, 3.05) is 11.9 Å². The Morgan fingerprint density at radius 1 is 1.28 bits per heavy atom. The maximum absolute atomic E-state index is 5.82. The van der Waals surface area contributed by atoms with Crippen molar-refractivity contribution < 1.29 is 0 Å². The van der Waals surface area contributed by atoms with Crippen molar-refractivity contribution >= 4 is 17.2 Å². The van der Waals surface area contributed by atoms with Gasteiger partial charge in [-0.25, -0.2) is 4.98 Å². The molecular weight excluding hydrogens is 242 g/mol. The first-order chi connectivity index (χ1) is 8.59. The van der Waals surface area contributed by atoms with Gasteiger partial charge in [-0.2, -0.15) is 0 Å². The SMILES string of the molecule is CC(c1cccs1)N(C)c1ccc([C@H](C)N)cn1. The van der Waals surface area contributed by atoms with Crippen molar-refractivity contribution in [3.63, 3.8) is 0 Å². The van der Waals surface area contributed by atoms with E-state index in [0.29, 0.717) is 6.04 Å². The van der Waals surface area contributed by atoms with Crippen molar-refractivity contribution in [2.45, 2.75) is 25.9 Å². The molecule has 0 fully saturated rings. The summed E-state index contributed by atoms with van der Waals surface area (Å²) in [5.41, 5.74) is 6.89. The summed E-state index contributed by atoms with van der Waals surface area (Å²) in [6.45, 7) is 4.15. The highest BCUT2D eigenvalue weighted by atomic mass is 32.1. The maximum atomic E-state index is 5.82. The summed E-state index contributed by atoms with van der Waals surface area (Å²) in [5.74, 6) is 0.973. The molecule has 0 aliphatic heterocycles. The predicted molar refractivity (Wildman–Crippen MR) is 78.0 cm³/mol. The highest BCUT2D eigenvalue weighted by molar-refractivity contribution is 7.10. The second kappa shape index (κ2) is 5.50. The van der Waals surface area contributed by atoms with E-state index in [-0.39, 0.29) is 6.04 Å². The number of anilines is 1. The third-order valence-electron chi connectivity index (χ3n) is 3.19. The van der Waals surface area contributed by atoms with Crippen LogP contribution in [0.2, 0.25) is 0 Å². The molecule has 18 heavy (non-hydrogen) atoms. The third kappa shape index (κ3) is 2.71. The van der Waals surface area contributed by atoms with Crippen LogP contribution in [-0.4, -0.2) is 12.0 Å². The lowest BCUT2D eigenvalue weighted by Crippen LogP contribution is -2.22. The number of nitrogens with zero attached hydrogens (tertiary/aromatic N) is 2. The zero-order chi connectivity index (χ0) is 13.1. The second-order valence-electron chi connectivity index (χ2n) is 4.54. The zero-order valence-electron chi connectivity index (χ0n) is 11.0. The van der Waals surface area contributed by atoms with Crippen molar-refractivity contribution in [1.82, 2.24) is 4.98 Å². The Balaban J connectivity index is 2.16. The molecule has 1 unspecified atom stereocenters. The van der Waals surface area contributed by atoms with E-state index in [4.69, 9.17) is 5.73 Å². The van der Waals surface area contributed by atoms with Crippen molar-refractivity contribution in [1.29, 1.82) is 0 Å². The quantitative estimate of drug-likeness (QED) is 0.917. The number of nitrogens with two attached hydrogens (primary N) is 1. The Kier molecular flexibility index (Phi) is 3.99. The highest BCUT2D eigenvalue weighted by Gasteiger charge is 2.14. The average molecular weight is 261 g/mol. The van der Waals surface area contributed by atoms with Crippen molar-refractivity contribution in [2.24, 2.45) is 5.73 Å². The van der Waals surface area contributed by atoms with Gasteiger partial charge < -0.3 is 10.6 Å². The Hall–Kier alpha value is -1.39. The Morgan fingerprint density at radius 3 is 2.56 bits per heavy atom. The molecular formula is C14H19N3S. The average Bonchev–Trinajstić information content (AvgIpc) is 2.91. The zero-order valence-corrected chi connectivity index (χ0v) is 11.8. The highest BCUT2D eigenvalue weighted by Crippen LogP contribution is 2.27. The van der Waals surface area contributed by atoms with Gasteiger partial charge in [-0.1, -0.05) is 12.1 Å². The Morgan fingerprint density at radius 2 is 2.06 bits per heavy atom. The number of hydrogen-bond acceptors (Lipinski definition) is 4. The van der Waals surface area contributed by atoms with Crippen LogP contribution >= 0.6 is 11.3 Å². The molecule has 0 saturated heterocycles. The lowest BCUT2D eigenvalue weighted by molar-refractivity contribution is 0.738. The van der Waals surface area contributed by atoms with Crippen LogP contribution in [0.15, 0.2) is 35.8 Å². The second-order valence-corrected chi connectivity index (χ2v) is 5.52. The van der Waals surface area contributed by atoms with Crippen molar-refractivity contribution in [3.8, 4) is 0 Å². The summed E-state index contributed by atoms with van der Waals surface area (Å²) in [6, 6.07) is 8.68. The van der Waals surface area contributed by atoms with Gasteiger partial charge in [0, 0.05) is 24.2 Å². The number of hydrogen-bond donors (Lipinski definition) is 1. The fourth-order valence-electron chi connectivity index (χ4n) is 1.79. The smallest absolute Gasteiger partial charge is 0.128 e. The number of pyridine rings is 1. The van der Waals surface area contributed by atoms with Crippen LogP contribution in [0.3, 0.4) is 0 Å². The molecule has 3 nitrogen and oxygen atoms in total. The van der Waals surface area contributed by atoms with Crippen LogP contribution in [0.1, 0.15) is 36.4 Å². The molecule has 0 spiro atoms. The molecule has 0 aliphatic carbocycles. The van der Waals surface area contributed by atoms with E-state index in [1.165, 1.54) is 4.88 Å². The van der Waals surface area contributed by atoms with Gasteiger partial charge in [0.25, 0.3) is 0 Å². The van der Waals surface area contributed by atoms with E-state index in [1.807, 2.05) is 25.3 Å². The van der Waals surface area contributed by atoms with Crippen LogP contribution in [0, 0.1) is 0 Å². The normalized spacial score (nSPS) is 14.2. The van der Waals surface area contributed by atoms with E-state index < -0.39 is 0 Å². The van der Waals surface area contributed by atoms with E-state index in [2.05, 4.69) is 41.4 Å². The summed E-state index contributed by atoms with van der Waals surface area (Å²) >= 11 is 1.77. The minimum Gasteiger partial charge on any atom is -0.352 e. The molecule has 2 heterocycles. The summed E-state index contributed by atoms with van der Waals surface area (Å²) in [7, 11) is 2.07. The van der Waals surface area contributed by atoms with Gasteiger partial charge in [0.1, 0.15) is 5.82 Å². The van der Waals surface area contributed by atoms with E-state index in [9.17, 15) is 0 Å². The maximum Gasteiger partial charge on any atom is 0.128 e. The molecule has 0 saturated carbocycles. The molecule has 0 amide bonds. The first-order valence-corrected chi connectivity index (χ1v) is 6.95. The summed E-state index contributed by atoms with van der Waals surface area (Å²) < 4.78 is 0. The Bertz CT molecular complexity index is 476. The number of rotatable bonds is 4. The molecule has 0 radical (unpaired) electrons. The lowest BCUT2D eigenvalue weighted by atomic mass is 10.1. The van der Waals surface area contributed by atoms with Crippen LogP contribution in [-0.2, 0) is 0 Å². The van der Waals surface area contributed by atoms with Gasteiger partial charge in [0.15, 0.2) is 0 Å². The summed E-state index contributed by atoms with van der Waals surface area (Å²) in [5, 5.41) is 2.10. The largest absolute Gasteiger partial charge is 0.352 e. The van der Waals surface area contributed by atoms with E-state index >= 15 is 0 Å². The first-order valence-electron chi connectivity index (χ1n) is 6.07. The molecule has 2 N–H and O–H groups in total. The van der Waals surface area contributed by atoms with Gasteiger partial charge in [-0.15, -0.1) is 11.3 Å². The summed E-state index contributed by atoms with van der Waals surface area (Å²) in [4.78, 5) is 8.00. The van der Waals surface area contributed by atoms with Gasteiger partial charge in [-0.05, 0) is 36.9 Å². The van der Waals surface area contributed by atoms with E-state index in [0.717, 1.165) is 11.4 Å². The molecule has 96 valence electrons. The molecule has 2 rings (SSSR count). The Labute approximate surface area is 112 Å². The van der Waals surface area contributed by atoms with Crippen LogP contribution in [0.25, 0.3) is 0 Å². The lowest BCUT2D eigenvalue weighted by Gasteiger charge is -2.25. The summed E-state index contributed by atoms with van der Waals surface area (Å²) in [6.07, 6.45) is 1.86. The minimum absolute atomic E-state index is 0.0339. The minimum atomic E-state index is 0.0339. The van der Waals surface area contributed by atoms with Crippen LogP contribution in [0.4, 0.5) is 5.82 Å². The predicted octanol–water partition coefficient (Wildman–Crippen LogP) is 3.36. The molecule has 0 aromatic carbocycles. The van der Waals surface area contributed by atoms with Crippen LogP contribution in [0.5, 0.6) is 0 Å². The van der Waals surface area contributed by atoms with E-state index in [1.54, 1.807) is 11.3 Å². The molecule has 4 heteroatoms. The third-order valence-corrected chi connectivity index (χ3v) is 4.24. The molecule has 2 aromatic rings.